The van der Waals surface area contributed by atoms with Gasteiger partial charge in [-0.05, 0) is 30.6 Å². The second-order valence-electron chi connectivity index (χ2n) is 5.21. The zero-order chi connectivity index (χ0) is 11.4. The van der Waals surface area contributed by atoms with E-state index in [1.165, 1.54) is 12.8 Å². The summed E-state index contributed by atoms with van der Waals surface area (Å²) in [6, 6.07) is 0. The molecule has 15 heavy (non-hydrogen) atoms. The van der Waals surface area contributed by atoms with E-state index in [-0.39, 0.29) is 12.1 Å². The Hall–Kier alpha value is -0.530. The largest absolute Gasteiger partial charge is 0.462 e. The van der Waals surface area contributed by atoms with Gasteiger partial charge in [0.05, 0.1) is 0 Å². The summed E-state index contributed by atoms with van der Waals surface area (Å²) in [5.41, 5.74) is 0. The van der Waals surface area contributed by atoms with Crippen LogP contribution in [0.1, 0.15) is 53.4 Å². The highest BCUT2D eigenvalue weighted by atomic mass is 16.5. The number of esters is 1. The van der Waals surface area contributed by atoms with Crippen LogP contribution in [0.4, 0.5) is 0 Å². The highest BCUT2D eigenvalue weighted by Gasteiger charge is 2.32. The van der Waals surface area contributed by atoms with E-state index in [1.54, 1.807) is 0 Å². The number of carbonyl (C=O) groups is 1. The van der Waals surface area contributed by atoms with E-state index in [1.807, 2.05) is 6.92 Å². The van der Waals surface area contributed by atoms with Gasteiger partial charge in [0.1, 0.15) is 6.10 Å². The first kappa shape index (κ1) is 12.5. The van der Waals surface area contributed by atoms with Crippen LogP contribution >= 0.6 is 0 Å². The summed E-state index contributed by atoms with van der Waals surface area (Å²) < 4.78 is 5.55. The Bertz CT molecular complexity index is 211. The average molecular weight is 212 g/mol. The molecule has 0 aromatic carbocycles. The van der Waals surface area contributed by atoms with Gasteiger partial charge >= 0.3 is 5.97 Å². The molecule has 3 atom stereocenters. The summed E-state index contributed by atoms with van der Waals surface area (Å²) in [7, 11) is 0. The van der Waals surface area contributed by atoms with E-state index in [2.05, 4.69) is 20.8 Å². The first-order chi connectivity index (χ1) is 7.04. The zero-order valence-corrected chi connectivity index (χ0v) is 10.5. The Kier molecular flexibility index (Phi) is 4.62. The first-order valence-electron chi connectivity index (χ1n) is 6.24. The molecule has 88 valence electrons. The Morgan fingerprint density at radius 1 is 1.40 bits per heavy atom. The highest BCUT2D eigenvalue weighted by Crippen LogP contribution is 2.35. The minimum absolute atomic E-state index is 0.0419. The topological polar surface area (TPSA) is 26.3 Å². The van der Waals surface area contributed by atoms with Gasteiger partial charge in [0.25, 0.3) is 0 Å². The number of hydrogen-bond donors (Lipinski definition) is 0. The minimum atomic E-state index is -0.0419. The van der Waals surface area contributed by atoms with Crippen LogP contribution < -0.4 is 0 Å². The fourth-order valence-corrected chi connectivity index (χ4v) is 2.50. The van der Waals surface area contributed by atoms with Crippen LogP contribution in [0.5, 0.6) is 0 Å². The lowest BCUT2D eigenvalue weighted by molar-refractivity contribution is -0.155. The lowest BCUT2D eigenvalue weighted by Crippen LogP contribution is -2.35. The standard InChI is InChI=1S/C13H24O2/c1-5-13(14)15-12-8-10(4)6-7-11(12)9(2)3/h9-12H,5-8H2,1-4H3/t10-,11+,12+/m0/s1. The Morgan fingerprint density at radius 3 is 2.60 bits per heavy atom. The number of rotatable bonds is 3. The highest BCUT2D eigenvalue weighted by molar-refractivity contribution is 5.69. The molecule has 0 aromatic rings. The van der Waals surface area contributed by atoms with E-state index in [9.17, 15) is 4.79 Å². The molecular weight excluding hydrogens is 188 g/mol. The van der Waals surface area contributed by atoms with Gasteiger partial charge in [0, 0.05) is 6.42 Å². The second kappa shape index (κ2) is 5.53. The molecule has 0 heterocycles. The smallest absolute Gasteiger partial charge is 0.305 e. The monoisotopic (exact) mass is 212 g/mol. The van der Waals surface area contributed by atoms with E-state index in [0.29, 0.717) is 24.2 Å². The van der Waals surface area contributed by atoms with Crippen molar-refractivity contribution in [2.24, 2.45) is 17.8 Å². The van der Waals surface area contributed by atoms with Crippen LogP contribution in [0.3, 0.4) is 0 Å². The molecule has 0 bridgehead atoms. The lowest BCUT2D eigenvalue weighted by atomic mass is 9.75. The molecule has 2 heteroatoms. The minimum Gasteiger partial charge on any atom is -0.462 e. The van der Waals surface area contributed by atoms with Gasteiger partial charge in [0.15, 0.2) is 0 Å². The van der Waals surface area contributed by atoms with Gasteiger partial charge in [-0.2, -0.15) is 0 Å². The maximum Gasteiger partial charge on any atom is 0.305 e. The third kappa shape index (κ3) is 3.51. The summed E-state index contributed by atoms with van der Waals surface area (Å²) in [5.74, 6) is 1.85. The van der Waals surface area contributed by atoms with Crippen molar-refractivity contribution in [2.75, 3.05) is 0 Å². The van der Waals surface area contributed by atoms with Crippen LogP contribution in [-0.4, -0.2) is 12.1 Å². The Morgan fingerprint density at radius 2 is 2.07 bits per heavy atom. The van der Waals surface area contributed by atoms with Gasteiger partial charge in [-0.15, -0.1) is 0 Å². The van der Waals surface area contributed by atoms with E-state index in [4.69, 9.17) is 4.74 Å². The summed E-state index contributed by atoms with van der Waals surface area (Å²) >= 11 is 0. The molecule has 0 N–H and O–H groups in total. The first-order valence-corrected chi connectivity index (χ1v) is 6.24. The van der Waals surface area contributed by atoms with Gasteiger partial charge < -0.3 is 4.74 Å². The van der Waals surface area contributed by atoms with Crippen LogP contribution in [0.15, 0.2) is 0 Å². The molecule has 0 aromatic heterocycles. The molecule has 1 aliphatic carbocycles. The van der Waals surface area contributed by atoms with Crippen LogP contribution in [0.25, 0.3) is 0 Å². The second-order valence-corrected chi connectivity index (χ2v) is 5.21. The van der Waals surface area contributed by atoms with Crippen molar-refractivity contribution < 1.29 is 9.53 Å². The molecule has 0 unspecified atom stereocenters. The van der Waals surface area contributed by atoms with Crippen LogP contribution in [-0.2, 0) is 9.53 Å². The molecule has 1 saturated carbocycles. The Labute approximate surface area is 93.4 Å². The molecule has 0 aliphatic heterocycles. The van der Waals surface area contributed by atoms with Crippen molar-refractivity contribution >= 4 is 5.97 Å². The van der Waals surface area contributed by atoms with Crippen LogP contribution in [0.2, 0.25) is 0 Å². The fourth-order valence-electron chi connectivity index (χ4n) is 2.50. The lowest BCUT2D eigenvalue weighted by Gasteiger charge is -2.36. The Balaban J connectivity index is 2.57. The maximum atomic E-state index is 11.3. The average Bonchev–Trinajstić information content (AvgIpc) is 2.17. The summed E-state index contributed by atoms with van der Waals surface area (Å²) in [6.45, 7) is 8.57. The van der Waals surface area contributed by atoms with Gasteiger partial charge in [-0.3, -0.25) is 4.79 Å². The molecule has 1 rings (SSSR count). The van der Waals surface area contributed by atoms with Gasteiger partial charge in [-0.25, -0.2) is 0 Å². The maximum absolute atomic E-state index is 11.3. The number of carbonyl (C=O) groups excluding carboxylic acids is 1. The SMILES string of the molecule is CCC(=O)O[C@@H]1C[C@@H](C)CC[C@@H]1C(C)C. The summed E-state index contributed by atoms with van der Waals surface area (Å²) in [6.07, 6.45) is 4.20. The van der Waals surface area contributed by atoms with Crippen molar-refractivity contribution in [3.05, 3.63) is 0 Å². The van der Waals surface area contributed by atoms with Crippen molar-refractivity contribution in [3.8, 4) is 0 Å². The van der Waals surface area contributed by atoms with Crippen molar-refractivity contribution in [1.82, 2.24) is 0 Å². The molecule has 2 nitrogen and oxygen atoms in total. The molecule has 0 spiro atoms. The van der Waals surface area contributed by atoms with Gasteiger partial charge in [-0.1, -0.05) is 34.1 Å². The molecular formula is C13H24O2. The number of hydrogen-bond acceptors (Lipinski definition) is 2. The van der Waals surface area contributed by atoms with E-state index < -0.39 is 0 Å². The molecule has 0 radical (unpaired) electrons. The molecule has 0 amide bonds. The third-order valence-corrected chi connectivity index (χ3v) is 3.53. The normalized spacial score (nSPS) is 31.7. The van der Waals surface area contributed by atoms with Crippen molar-refractivity contribution in [1.29, 1.82) is 0 Å². The molecule has 1 aliphatic rings. The number of ether oxygens (including phenoxy) is 1. The molecule has 0 saturated heterocycles. The van der Waals surface area contributed by atoms with Crippen LogP contribution in [0, 0.1) is 17.8 Å². The molecule has 1 fully saturated rings. The zero-order valence-electron chi connectivity index (χ0n) is 10.5. The van der Waals surface area contributed by atoms with E-state index >= 15 is 0 Å². The van der Waals surface area contributed by atoms with E-state index in [0.717, 1.165) is 6.42 Å². The predicted octanol–water partition coefficient (Wildman–Crippen LogP) is 3.40. The predicted molar refractivity (Wildman–Crippen MR) is 61.5 cm³/mol. The van der Waals surface area contributed by atoms with Gasteiger partial charge in [0.2, 0.25) is 0 Å². The fraction of sp³-hybridized carbons (Fsp3) is 0.923. The van der Waals surface area contributed by atoms with Crippen molar-refractivity contribution in [2.45, 2.75) is 59.5 Å². The summed E-state index contributed by atoms with van der Waals surface area (Å²) in [4.78, 5) is 11.3. The quantitative estimate of drug-likeness (QED) is 0.670. The van der Waals surface area contributed by atoms with Crippen molar-refractivity contribution in [3.63, 3.8) is 0 Å². The third-order valence-electron chi connectivity index (χ3n) is 3.53. The summed E-state index contributed by atoms with van der Waals surface area (Å²) in [5, 5.41) is 0.